The van der Waals surface area contributed by atoms with Gasteiger partial charge in [-0.15, -0.1) is 0 Å². The second-order valence-corrected chi connectivity index (χ2v) is 3.80. The summed E-state index contributed by atoms with van der Waals surface area (Å²) < 4.78 is 0. The zero-order valence-electron chi connectivity index (χ0n) is 8.56. The summed E-state index contributed by atoms with van der Waals surface area (Å²) >= 11 is 0. The van der Waals surface area contributed by atoms with E-state index in [9.17, 15) is 19.2 Å². The first-order valence-corrected chi connectivity index (χ1v) is 4.93. The third-order valence-corrected chi connectivity index (χ3v) is 2.84. The quantitative estimate of drug-likeness (QED) is 0.667. The Morgan fingerprint density at radius 1 is 1.12 bits per heavy atom. The molecule has 0 atom stereocenters. The summed E-state index contributed by atoms with van der Waals surface area (Å²) in [4.78, 5) is 44.7. The molecule has 1 saturated carbocycles. The zero-order valence-corrected chi connectivity index (χ0v) is 8.56. The van der Waals surface area contributed by atoms with Crippen molar-refractivity contribution in [3.05, 3.63) is 0 Å². The van der Waals surface area contributed by atoms with Crippen molar-refractivity contribution in [1.29, 1.82) is 0 Å². The molecule has 1 fully saturated rings. The van der Waals surface area contributed by atoms with Gasteiger partial charge in [-0.1, -0.05) is 0 Å². The number of rotatable bonds is 4. The Hall–Kier alpha value is -1.72. The highest BCUT2D eigenvalue weighted by molar-refractivity contribution is 6.23. The first kappa shape index (κ1) is 12.4. The lowest BCUT2D eigenvalue weighted by molar-refractivity contribution is -0.162. The first-order valence-electron chi connectivity index (χ1n) is 4.93. The summed E-state index contributed by atoms with van der Waals surface area (Å²) in [5.41, 5.74) is -2.11. The maximum atomic E-state index is 11.6. The lowest BCUT2D eigenvalue weighted by Crippen LogP contribution is -2.49. The predicted molar refractivity (Wildman–Crippen MR) is 50.8 cm³/mol. The number of ketones is 2. The molecule has 0 aromatic carbocycles. The maximum absolute atomic E-state index is 11.6. The fourth-order valence-corrected chi connectivity index (χ4v) is 1.91. The molecular weight excluding hydrogens is 216 g/mol. The van der Waals surface area contributed by atoms with Gasteiger partial charge in [0.1, 0.15) is 0 Å². The van der Waals surface area contributed by atoms with Crippen LogP contribution < -0.4 is 0 Å². The van der Waals surface area contributed by atoms with Crippen LogP contribution in [0.4, 0.5) is 0 Å². The molecule has 0 bridgehead atoms. The van der Waals surface area contributed by atoms with Gasteiger partial charge in [0.05, 0.1) is 0 Å². The molecule has 0 spiro atoms. The second kappa shape index (κ2) is 4.42. The molecule has 6 heteroatoms. The molecule has 2 N–H and O–H groups in total. The smallest absolute Gasteiger partial charge is 0.324 e. The van der Waals surface area contributed by atoms with E-state index in [1.165, 1.54) is 0 Å². The lowest BCUT2D eigenvalue weighted by Gasteiger charge is -2.29. The van der Waals surface area contributed by atoms with Crippen LogP contribution in [-0.4, -0.2) is 33.7 Å². The Morgan fingerprint density at radius 3 is 2.00 bits per heavy atom. The average Bonchev–Trinajstić information content (AvgIpc) is 2.16. The molecule has 1 aliphatic carbocycles. The highest BCUT2D eigenvalue weighted by Crippen LogP contribution is 2.35. The number of Topliss-reactive ketones (excluding diaryl/α,β-unsaturated/α-hetero) is 2. The van der Waals surface area contributed by atoms with Gasteiger partial charge in [0, 0.05) is 19.3 Å². The average molecular weight is 228 g/mol. The molecule has 0 aliphatic heterocycles. The Bertz CT molecular complexity index is 340. The van der Waals surface area contributed by atoms with Crippen LogP contribution in [0.15, 0.2) is 0 Å². The summed E-state index contributed by atoms with van der Waals surface area (Å²) in [7, 11) is 0. The largest absolute Gasteiger partial charge is 0.481 e. The van der Waals surface area contributed by atoms with Crippen molar-refractivity contribution < 1.29 is 29.4 Å². The van der Waals surface area contributed by atoms with Crippen LogP contribution in [0.2, 0.25) is 0 Å². The first-order chi connectivity index (χ1) is 7.41. The summed E-state index contributed by atoms with van der Waals surface area (Å²) in [6, 6.07) is 0. The van der Waals surface area contributed by atoms with Crippen molar-refractivity contribution in [2.24, 2.45) is 5.41 Å². The van der Waals surface area contributed by atoms with E-state index in [0.29, 0.717) is 6.42 Å². The van der Waals surface area contributed by atoms with E-state index in [1.54, 1.807) is 0 Å². The molecule has 6 nitrogen and oxygen atoms in total. The van der Waals surface area contributed by atoms with Crippen LogP contribution in [0, 0.1) is 5.41 Å². The van der Waals surface area contributed by atoms with Gasteiger partial charge < -0.3 is 10.2 Å². The van der Waals surface area contributed by atoms with Gasteiger partial charge in [-0.25, -0.2) is 0 Å². The molecule has 0 radical (unpaired) electrons. The van der Waals surface area contributed by atoms with E-state index in [4.69, 9.17) is 10.2 Å². The third-order valence-electron chi connectivity index (χ3n) is 2.84. The molecule has 0 aromatic rings. The predicted octanol–water partition coefficient (Wildman–Crippen LogP) is 0.244. The molecule has 0 unspecified atom stereocenters. The normalized spacial score (nSPS) is 19.5. The number of carboxylic acid groups (broad SMARTS) is 2. The Kier molecular flexibility index (Phi) is 3.41. The summed E-state index contributed by atoms with van der Waals surface area (Å²) in [6.07, 6.45) is -0.547. The van der Waals surface area contributed by atoms with Crippen LogP contribution in [-0.2, 0) is 19.2 Å². The molecule has 16 heavy (non-hydrogen) atoms. The Balaban J connectivity index is 3.01. The zero-order chi connectivity index (χ0) is 12.3. The molecule has 1 rings (SSSR count). The third kappa shape index (κ3) is 1.95. The van der Waals surface area contributed by atoms with Gasteiger partial charge in [0.15, 0.2) is 17.0 Å². The number of aliphatic carboxylic acids is 2. The molecule has 88 valence electrons. The van der Waals surface area contributed by atoms with Gasteiger partial charge in [-0.2, -0.15) is 0 Å². The van der Waals surface area contributed by atoms with Crippen molar-refractivity contribution in [2.75, 3.05) is 0 Å². The molecule has 1 aliphatic rings. The lowest BCUT2D eigenvalue weighted by atomic mass is 9.69. The van der Waals surface area contributed by atoms with Crippen molar-refractivity contribution in [2.45, 2.75) is 32.1 Å². The fraction of sp³-hybridized carbons (Fsp3) is 0.600. The standard InChI is InChI=1S/C10H12O6/c11-6-2-1-3-7(12)10(6,9(15)16)5-4-8(13)14/h1-5H2,(H,13,14)(H,15,16). The van der Waals surface area contributed by atoms with E-state index < -0.39 is 41.8 Å². The minimum Gasteiger partial charge on any atom is -0.481 e. The van der Waals surface area contributed by atoms with Crippen molar-refractivity contribution in [1.82, 2.24) is 0 Å². The highest BCUT2D eigenvalue weighted by Gasteiger charge is 2.53. The van der Waals surface area contributed by atoms with Crippen LogP contribution in [0.1, 0.15) is 32.1 Å². The van der Waals surface area contributed by atoms with Crippen LogP contribution in [0.3, 0.4) is 0 Å². The van der Waals surface area contributed by atoms with Gasteiger partial charge >= 0.3 is 11.9 Å². The second-order valence-electron chi connectivity index (χ2n) is 3.80. The Labute approximate surface area is 91.3 Å². The van der Waals surface area contributed by atoms with Crippen LogP contribution >= 0.6 is 0 Å². The van der Waals surface area contributed by atoms with Crippen molar-refractivity contribution in [3.8, 4) is 0 Å². The van der Waals surface area contributed by atoms with Crippen molar-refractivity contribution >= 4 is 23.5 Å². The van der Waals surface area contributed by atoms with Crippen LogP contribution in [0.25, 0.3) is 0 Å². The number of hydrogen-bond acceptors (Lipinski definition) is 4. The van der Waals surface area contributed by atoms with Gasteiger partial charge in [-0.05, 0) is 12.8 Å². The van der Waals surface area contributed by atoms with E-state index in [-0.39, 0.29) is 12.8 Å². The number of carboxylic acids is 2. The van der Waals surface area contributed by atoms with E-state index >= 15 is 0 Å². The maximum Gasteiger partial charge on any atom is 0.324 e. The van der Waals surface area contributed by atoms with E-state index in [0.717, 1.165) is 0 Å². The summed E-state index contributed by atoms with van der Waals surface area (Å²) in [6.45, 7) is 0. The molecule has 0 amide bonds. The topological polar surface area (TPSA) is 109 Å². The molecule has 0 heterocycles. The summed E-state index contributed by atoms with van der Waals surface area (Å²) in [5, 5.41) is 17.5. The number of carbonyl (C=O) groups is 4. The van der Waals surface area contributed by atoms with Crippen molar-refractivity contribution in [3.63, 3.8) is 0 Å². The minimum atomic E-state index is -2.11. The molecule has 0 aromatic heterocycles. The van der Waals surface area contributed by atoms with Gasteiger partial charge in [0.25, 0.3) is 0 Å². The number of hydrogen-bond donors (Lipinski definition) is 2. The Morgan fingerprint density at radius 2 is 1.62 bits per heavy atom. The van der Waals surface area contributed by atoms with E-state index in [2.05, 4.69) is 0 Å². The fourth-order valence-electron chi connectivity index (χ4n) is 1.91. The van der Waals surface area contributed by atoms with E-state index in [1.807, 2.05) is 0 Å². The monoisotopic (exact) mass is 228 g/mol. The summed E-state index contributed by atoms with van der Waals surface area (Å²) in [5.74, 6) is -4.08. The highest BCUT2D eigenvalue weighted by atomic mass is 16.4. The molecular formula is C10H12O6. The van der Waals surface area contributed by atoms with Gasteiger partial charge in [0.2, 0.25) is 0 Å². The van der Waals surface area contributed by atoms with Crippen LogP contribution in [0.5, 0.6) is 0 Å². The minimum absolute atomic E-state index is 0.0255. The van der Waals surface area contributed by atoms with Gasteiger partial charge in [-0.3, -0.25) is 19.2 Å². The number of carbonyl (C=O) groups excluding carboxylic acids is 2. The SMILES string of the molecule is O=C(O)CCC1(C(=O)O)C(=O)CCCC1=O. The molecule has 0 saturated heterocycles.